The van der Waals surface area contributed by atoms with Crippen molar-refractivity contribution < 1.29 is 23.9 Å². The Labute approximate surface area is 268 Å². The normalized spacial score (nSPS) is 19.3. The third-order valence-electron chi connectivity index (χ3n) is 8.50. The Balaban J connectivity index is 1.40. The molecule has 0 bridgehead atoms. The van der Waals surface area contributed by atoms with Crippen LogP contribution in [0.1, 0.15) is 43.9 Å². The van der Waals surface area contributed by atoms with Crippen LogP contribution in [0.25, 0.3) is 10.9 Å². The lowest BCUT2D eigenvalue weighted by molar-refractivity contribution is -0.153. The molecule has 0 saturated carbocycles. The first kappa shape index (κ1) is 30.9. The maximum Gasteiger partial charge on any atom is 0.407 e. The van der Waals surface area contributed by atoms with Crippen molar-refractivity contribution in [2.24, 2.45) is 0 Å². The maximum atomic E-state index is 14.3. The van der Waals surface area contributed by atoms with Crippen molar-refractivity contribution in [3.8, 4) is 0 Å². The summed E-state index contributed by atoms with van der Waals surface area (Å²) in [5, 5.41) is 4.06. The van der Waals surface area contributed by atoms with Gasteiger partial charge in [-0.25, -0.2) is 9.59 Å². The average molecular weight is 622 g/mol. The van der Waals surface area contributed by atoms with Gasteiger partial charge in [0, 0.05) is 30.2 Å². The van der Waals surface area contributed by atoms with E-state index in [0.717, 1.165) is 27.6 Å². The molecule has 2 fully saturated rings. The molecule has 0 radical (unpaired) electrons. The van der Waals surface area contributed by atoms with Crippen LogP contribution < -0.4 is 5.32 Å². The quantitative estimate of drug-likeness (QED) is 0.279. The number of nitrogens with zero attached hydrogens (tertiary/aromatic N) is 3. The van der Waals surface area contributed by atoms with Gasteiger partial charge in [-0.15, -0.1) is 0 Å². The molecule has 3 aromatic carbocycles. The van der Waals surface area contributed by atoms with Gasteiger partial charge in [0.05, 0.1) is 25.0 Å². The SMILES string of the molecule is CC(C)(C)OC(=O)N[C@H](Cc1c[nH]c2ccccc12)[C@H]1CN(Cc2ccccc2)C(=O)[C@@H]2CC(=O)N(Cc3ccccc3)C(=O)N12. The molecule has 2 aliphatic rings. The molecule has 2 saturated heterocycles. The summed E-state index contributed by atoms with van der Waals surface area (Å²) in [6.45, 7) is 5.93. The van der Waals surface area contributed by atoms with Gasteiger partial charge in [-0.2, -0.15) is 0 Å². The number of amides is 5. The van der Waals surface area contributed by atoms with Gasteiger partial charge < -0.3 is 24.8 Å². The highest BCUT2D eigenvalue weighted by atomic mass is 16.6. The predicted molar refractivity (Wildman–Crippen MR) is 173 cm³/mol. The predicted octanol–water partition coefficient (Wildman–Crippen LogP) is 5.24. The van der Waals surface area contributed by atoms with E-state index in [1.54, 1.807) is 25.7 Å². The number of aromatic amines is 1. The summed E-state index contributed by atoms with van der Waals surface area (Å²) in [6.07, 6.45) is 1.49. The van der Waals surface area contributed by atoms with Crippen molar-refractivity contribution in [2.45, 2.75) is 70.4 Å². The molecule has 4 aromatic rings. The minimum absolute atomic E-state index is 0.0863. The first-order valence-corrected chi connectivity index (χ1v) is 15.6. The zero-order chi connectivity index (χ0) is 32.4. The monoisotopic (exact) mass is 621 g/mol. The second kappa shape index (κ2) is 12.7. The van der Waals surface area contributed by atoms with Gasteiger partial charge in [-0.1, -0.05) is 78.9 Å². The fourth-order valence-corrected chi connectivity index (χ4v) is 6.42. The number of imide groups is 1. The zero-order valence-corrected chi connectivity index (χ0v) is 26.3. The number of urea groups is 1. The van der Waals surface area contributed by atoms with Crippen LogP contribution in [0, 0.1) is 0 Å². The summed E-state index contributed by atoms with van der Waals surface area (Å²) < 4.78 is 5.68. The Morgan fingerprint density at radius 2 is 1.54 bits per heavy atom. The molecular formula is C36H39N5O5. The number of aromatic nitrogens is 1. The first-order chi connectivity index (χ1) is 22.1. The summed E-state index contributed by atoms with van der Waals surface area (Å²) in [6, 6.07) is 23.9. The highest BCUT2D eigenvalue weighted by molar-refractivity contribution is 6.03. The Kier molecular flexibility index (Phi) is 8.53. The zero-order valence-electron chi connectivity index (χ0n) is 26.3. The summed E-state index contributed by atoms with van der Waals surface area (Å²) in [4.78, 5) is 63.0. The second-order valence-corrected chi connectivity index (χ2v) is 13.0. The lowest BCUT2D eigenvalue weighted by atomic mass is 9.91. The number of rotatable bonds is 8. The smallest absolute Gasteiger partial charge is 0.407 e. The number of fused-ring (bicyclic) bond motifs is 2. The Bertz CT molecular complexity index is 1730. The van der Waals surface area contributed by atoms with Crippen molar-refractivity contribution in [1.82, 2.24) is 25.0 Å². The number of piperazine rings is 1. The molecule has 2 aliphatic heterocycles. The van der Waals surface area contributed by atoms with E-state index >= 15 is 0 Å². The first-order valence-electron chi connectivity index (χ1n) is 15.6. The van der Waals surface area contributed by atoms with E-state index in [2.05, 4.69) is 10.3 Å². The van der Waals surface area contributed by atoms with Gasteiger partial charge in [0.15, 0.2) is 0 Å². The standard InChI is InChI=1S/C36H39N5O5/c1-36(2,3)46-34(44)38-29(18-26-20-37-28-17-11-10-16-27(26)28)31-23-39(21-24-12-6-4-7-13-24)33(43)30-19-32(42)40(35(45)41(30)31)22-25-14-8-5-9-15-25/h4-17,20,29-31,37H,18-19,21-23H2,1-3H3,(H,38,44)/t29-,30+,31-/m1/s1. The van der Waals surface area contributed by atoms with Crippen LogP contribution in [-0.2, 0) is 33.8 Å². The lowest BCUT2D eigenvalue weighted by Gasteiger charge is -2.51. The minimum Gasteiger partial charge on any atom is -0.444 e. The maximum absolute atomic E-state index is 14.3. The summed E-state index contributed by atoms with van der Waals surface area (Å²) in [5.41, 5.74) is 2.87. The average Bonchev–Trinajstić information content (AvgIpc) is 3.43. The van der Waals surface area contributed by atoms with Crippen LogP contribution >= 0.6 is 0 Å². The van der Waals surface area contributed by atoms with Gasteiger partial charge in [-0.05, 0) is 49.9 Å². The number of carbonyl (C=O) groups is 4. The molecule has 0 aliphatic carbocycles. The van der Waals surface area contributed by atoms with Crippen molar-refractivity contribution in [1.29, 1.82) is 0 Å². The number of benzene rings is 3. The number of ether oxygens (including phenoxy) is 1. The third-order valence-corrected chi connectivity index (χ3v) is 8.50. The van der Waals surface area contributed by atoms with Gasteiger partial charge in [-0.3, -0.25) is 14.5 Å². The number of hydrogen-bond donors (Lipinski definition) is 2. The molecule has 2 N–H and O–H groups in total. The Morgan fingerprint density at radius 3 is 2.22 bits per heavy atom. The second-order valence-electron chi connectivity index (χ2n) is 13.0. The van der Waals surface area contributed by atoms with Gasteiger partial charge in [0.2, 0.25) is 11.8 Å². The summed E-state index contributed by atoms with van der Waals surface area (Å²) >= 11 is 0. The van der Waals surface area contributed by atoms with Crippen molar-refractivity contribution in [2.75, 3.05) is 6.54 Å². The lowest BCUT2D eigenvalue weighted by Crippen LogP contribution is -2.73. The largest absolute Gasteiger partial charge is 0.444 e. The van der Waals surface area contributed by atoms with Crippen LogP contribution in [0.5, 0.6) is 0 Å². The molecule has 10 nitrogen and oxygen atoms in total. The van der Waals surface area contributed by atoms with E-state index in [4.69, 9.17) is 4.74 Å². The molecule has 3 atom stereocenters. The third kappa shape index (κ3) is 6.61. The Hall–Kier alpha value is -5.12. The number of alkyl carbamates (subject to hydrolysis) is 1. The number of hydrogen-bond acceptors (Lipinski definition) is 5. The van der Waals surface area contributed by atoms with Crippen molar-refractivity contribution >= 4 is 34.8 Å². The molecule has 0 unspecified atom stereocenters. The van der Waals surface area contributed by atoms with Crippen LogP contribution in [0.3, 0.4) is 0 Å². The number of carbonyl (C=O) groups excluding carboxylic acids is 4. The van der Waals surface area contributed by atoms with E-state index in [0.29, 0.717) is 13.0 Å². The molecule has 3 heterocycles. The van der Waals surface area contributed by atoms with Crippen LogP contribution in [-0.4, -0.2) is 73.9 Å². The molecule has 1 aromatic heterocycles. The Morgan fingerprint density at radius 1 is 0.913 bits per heavy atom. The van der Waals surface area contributed by atoms with Crippen molar-refractivity contribution in [3.63, 3.8) is 0 Å². The highest BCUT2D eigenvalue weighted by Gasteiger charge is 2.52. The fourth-order valence-electron chi connectivity index (χ4n) is 6.42. The number of nitrogens with one attached hydrogen (secondary N) is 2. The molecule has 46 heavy (non-hydrogen) atoms. The minimum atomic E-state index is -1.000. The van der Waals surface area contributed by atoms with Crippen LogP contribution in [0.2, 0.25) is 0 Å². The molecule has 5 amide bonds. The molecule has 6 rings (SSSR count). The molecular weight excluding hydrogens is 582 g/mol. The number of H-pyrrole nitrogens is 1. The van der Waals surface area contributed by atoms with Crippen LogP contribution in [0.4, 0.5) is 9.59 Å². The van der Waals surface area contributed by atoms with Crippen LogP contribution in [0.15, 0.2) is 91.1 Å². The molecule has 0 spiro atoms. The number of para-hydroxylation sites is 1. The molecule has 238 valence electrons. The van der Waals surface area contributed by atoms with Gasteiger partial charge >= 0.3 is 12.1 Å². The van der Waals surface area contributed by atoms with Gasteiger partial charge in [0.25, 0.3) is 0 Å². The van der Waals surface area contributed by atoms with E-state index in [-0.39, 0.29) is 25.4 Å². The van der Waals surface area contributed by atoms with E-state index in [1.165, 1.54) is 9.80 Å². The van der Waals surface area contributed by atoms with E-state index in [1.807, 2.05) is 91.1 Å². The highest BCUT2D eigenvalue weighted by Crippen LogP contribution is 2.32. The van der Waals surface area contributed by atoms with E-state index in [9.17, 15) is 19.2 Å². The van der Waals surface area contributed by atoms with E-state index < -0.39 is 41.8 Å². The topological polar surface area (TPSA) is 115 Å². The summed E-state index contributed by atoms with van der Waals surface area (Å²) in [5.74, 6) is -0.693. The summed E-state index contributed by atoms with van der Waals surface area (Å²) in [7, 11) is 0. The van der Waals surface area contributed by atoms with Gasteiger partial charge in [0.1, 0.15) is 11.6 Å². The van der Waals surface area contributed by atoms with Crippen molar-refractivity contribution in [3.05, 3.63) is 108 Å². The fraction of sp³-hybridized carbons (Fsp3) is 0.333. The molecule has 10 heteroatoms.